The minimum Gasteiger partial charge on any atom is -0.207 e. The number of hydrogen-bond acceptors (Lipinski definition) is 3. The van der Waals surface area contributed by atoms with Crippen molar-refractivity contribution < 1.29 is 21.6 Å². The molecule has 0 radical (unpaired) electrons. The summed E-state index contributed by atoms with van der Waals surface area (Å²) in [7, 11) is 0.388. The first-order valence-corrected chi connectivity index (χ1v) is 6.45. The van der Waals surface area contributed by atoms with Gasteiger partial charge in [0.2, 0.25) is 0 Å². The first kappa shape index (κ1) is 13.8. The lowest BCUT2D eigenvalue weighted by Crippen LogP contribution is -2.13. The van der Waals surface area contributed by atoms with Crippen molar-refractivity contribution in [3.8, 4) is 6.07 Å². The molecule has 0 aliphatic carbocycles. The first-order valence-electron chi connectivity index (χ1n) is 4.14. The van der Waals surface area contributed by atoms with Crippen LogP contribution in [0.25, 0.3) is 0 Å². The van der Waals surface area contributed by atoms with Crippen LogP contribution in [0.2, 0.25) is 0 Å². The van der Waals surface area contributed by atoms with E-state index in [1.165, 1.54) is 0 Å². The summed E-state index contributed by atoms with van der Waals surface area (Å²) in [5.41, 5.74) is -1.85. The largest absolute Gasteiger partial charge is 0.417 e. The van der Waals surface area contributed by atoms with Gasteiger partial charge in [0.25, 0.3) is 9.05 Å². The summed E-state index contributed by atoms with van der Waals surface area (Å²) in [6.07, 6.45) is -4.85. The van der Waals surface area contributed by atoms with Gasteiger partial charge >= 0.3 is 6.18 Å². The molecule has 0 bridgehead atoms. The SMILES string of the molecule is Cc1c(C#N)ccc(C(F)(F)F)c1S(=O)(=O)Cl. The molecule has 0 amide bonds. The molecule has 17 heavy (non-hydrogen) atoms. The second kappa shape index (κ2) is 4.20. The Morgan fingerprint density at radius 3 is 2.24 bits per heavy atom. The molecule has 1 aromatic carbocycles. The summed E-state index contributed by atoms with van der Waals surface area (Å²) in [5, 5.41) is 8.63. The van der Waals surface area contributed by atoms with Crippen molar-refractivity contribution in [3.05, 3.63) is 28.8 Å². The van der Waals surface area contributed by atoms with Crippen LogP contribution in [0.4, 0.5) is 13.2 Å². The Morgan fingerprint density at radius 2 is 1.88 bits per heavy atom. The molecule has 1 rings (SSSR count). The molecule has 8 heteroatoms. The summed E-state index contributed by atoms with van der Waals surface area (Å²) < 4.78 is 60.1. The van der Waals surface area contributed by atoms with Crippen molar-refractivity contribution in [3.63, 3.8) is 0 Å². The van der Waals surface area contributed by atoms with E-state index >= 15 is 0 Å². The van der Waals surface area contributed by atoms with Crippen LogP contribution < -0.4 is 0 Å². The van der Waals surface area contributed by atoms with Crippen LogP contribution in [-0.4, -0.2) is 8.42 Å². The van der Waals surface area contributed by atoms with Gasteiger partial charge in [0, 0.05) is 10.7 Å². The Bertz CT molecular complexity index is 602. The highest BCUT2D eigenvalue weighted by Crippen LogP contribution is 2.37. The normalized spacial score (nSPS) is 12.2. The Balaban J connectivity index is 3.80. The van der Waals surface area contributed by atoms with Crippen molar-refractivity contribution in [1.29, 1.82) is 5.26 Å². The average molecular weight is 284 g/mol. The monoisotopic (exact) mass is 283 g/mol. The quantitative estimate of drug-likeness (QED) is 0.745. The molecule has 0 saturated heterocycles. The zero-order valence-electron chi connectivity index (χ0n) is 8.34. The smallest absolute Gasteiger partial charge is 0.207 e. The molecule has 0 fully saturated rings. The van der Waals surface area contributed by atoms with Crippen LogP contribution >= 0.6 is 10.7 Å². The topological polar surface area (TPSA) is 57.9 Å². The van der Waals surface area contributed by atoms with E-state index in [0.29, 0.717) is 6.07 Å². The standard InChI is InChI=1S/C9H5ClF3NO2S/c1-5-6(4-14)2-3-7(9(11,12)13)8(5)17(10,15)16/h2-3H,1H3. The van der Waals surface area contributed by atoms with Crippen molar-refractivity contribution in [1.82, 2.24) is 0 Å². The fourth-order valence-corrected chi connectivity index (χ4v) is 2.87. The summed E-state index contributed by atoms with van der Waals surface area (Å²) >= 11 is 0. The maximum atomic E-state index is 12.6. The summed E-state index contributed by atoms with van der Waals surface area (Å²) in [4.78, 5) is -1.06. The number of nitriles is 1. The molecule has 3 nitrogen and oxygen atoms in total. The van der Waals surface area contributed by atoms with Crippen molar-refractivity contribution >= 4 is 19.7 Å². The van der Waals surface area contributed by atoms with Crippen LogP contribution in [0, 0.1) is 18.3 Å². The minimum absolute atomic E-state index is 0.169. The molecule has 0 unspecified atom stereocenters. The van der Waals surface area contributed by atoms with Gasteiger partial charge in [-0.15, -0.1) is 0 Å². The second-order valence-corrected chi connectivity index (χ2v) is 5.67. The lowest BCUT2D eigenvalue weighted by molar-refractivity contribution is -0.139. The Hall–Kier alpha value is -1.26. The van der Waals surface area contributed by atoms with E-state index in [1.54, 1.807) is 6.07 Å². The third-order valence-corrected chi connectivity index (χ3v) is 3.55. The zero-order chi connectivity index (χ0) is 13.4. The van der Waals surface area contributed by atoms with Gasteiger partial charge < -0.3 is 0 Å². The highest BCUT2D eigenvalue weighted by molar-refractivity contribution is 8.13. The number of benzene rings is 1. The van der Waals surface area contributed by atoms with Crippen LogP contribution in [0.5, 0.6) is 0 Å². The van der Waals surface area contributed by atoms with E-state index in [9.17, 15) is 21.6 Å². The highest BCUT2D eigenvalue weighted by Gasteiger charge is 2.38. The van der Waals surface area contributed by atoms with Crippen molar-refractivity contribution in [2.24, 2.45) is 0 Å². The number of halogens is 4. The Kier molecular flexibility index (Phi) is 3.41. The molecule has 92 valence electrons. The molecule has 0 aliphatic heterocycles. The first-order chi connectivity index (χ1) is 7.59. The van der Waals surface area contributed by atoms with Crippen LogP contribution in [0.1, 0.15) is 16.7 Å². The van der Waals surface area contributed by atoms with E-state index in [4.69, 9.17) is 15.9 Å². The molecule has 0 aromatic heterocycles. The van der Waals surface area contributed by atoms with Gasteiger partial charge in [0.15, 0.2) is 0 Å². The molecule has 0 spiro atoms. The molecule has 0 atom stereocenters. The number of hydrogen-bond donors (Lipinski definition) is 0. The zero-order valence-corrected chi connectivity index (χ0v) is 9.91. The Morgan fingerprint density at radius 1 is 1.35 bits per heavy atom. The lowest BCUT2D eigenvalue weighted by atomic mass is 10.1. The van der Waals surface area contributed by atoms with Crippen molar-refractivity contribution in [2.45, 2.75) is 18.0 Å². The van der Waals surface area contributed by atoms with Gasteiger partial charge in [0.1, 0.15) is 0 Å². The third kappa shape index (κ3) is 2.70. The van der Waals surface area contributed by atoms with E-state index in [-0.39, 0.29) is 11.1 Å². The molecule has 0 saturated carbocycles. The predicted octanol–water partition coefficient (Wildman–Crippen LogP) is 2.81. The summed E-state index contributed by atoms with van der Waals surface area (Å²) in [6, 6.07) is 3.03. The lowest BCUT2D eigenvalue weighted by Gasteiger charge is -2.13. The van der Waals surface area contributed by atoms with Gasteiger partial charge in [-0.2, -0.15) is 18.4 Å². The van der Waals surface area contributed by atoms with Gasteiger partial charge in [-0.05, 0) is 24.6 Å². The van der Waals surface area contributed by atoms with E-state index in [0.717, 1.165) is 13.0 Å². The minimum atomic E-state index is -4.85. The summed E-state index contributed by atoms with van der Waals surface area (Å²) in [6.45, 7) is 1.10. The fourth-order valence-electron chi connectivity index (χ4n) is 1.35. The van der Waals surface area contributed by atoms with Gasteiger partial charge in [-0.25, -0.2) is 8.42 Å². The van der Waals surface area contributed by atoms with Crippen LogP contribution in [0.15, 0.2) is 17.0 Å². The summed E-state index contributed by atoms with van der Waals surface area (Å²) in [5.74, 6) is 0. The number of rotatable bonds is 1. The maximum Gasteiger partial charge on any atom is 0.417 e. The Labute approximate surface area is 99.8 Å². The molecule has 0 aliphatic rings. The van der Waals surface area contributed by atoms with Crippen molar-refractivity contribution in [2.75, 3.05) is 0 Å². The molecule has 0 heterocycles. The fraction of sp³-hybridized carbons (Fsp3) is 0.222. The third-order valence-electron chi connectivity index (χ3n) is 2.08. The van der Waals surface area contributed by atoms with Gasteiger partial charge in [-0.1, -0.05) is 0 Å². The molecular weight excluding hydrogens is 279 g/mol. The van der Waals surface area contributed by atoms with Crippen LogP contribution in [0.3, 0.4) is 0 Å². The van der Waals surface area contributed by atoms with Crippen LogP contribution in [-0.2, 0) is 15.2 Å². The number of alkyl halides is 3. The van der Waals surface area contributed by atoms with E-state index < -0.39 is 25.7 Å². The van der Waals surface area contributed by atoms with Gasteiger partial charge in [0.05, 0.1) is 22.1 Å². The predicted molar refractivity (Wildman–Crippen MR) is 53.9 cm³/mol. The molecule has 1 aromatic rings. The number of nitrogens with zero attached hydrogens (tertiary/aromatic N) is 1. The van der Waals surface area contributed by atoms with E-state index in [1.807, 2.05) is 0 Å². The highest BCUT2D eigenvalue weighted by atomic mass is 35.7. The van der Waals surface area contributed by atoms with E-state index in [2.05, 4.69) is 0 Å². The second-order valence-electron chi connectivity index (χ2n) is 3.16. The van der Waals surface area contributed by atoms with Gasteiger partial charge in [-0.3, -0.25) is 0 Å². The maximum absolute atomic E-state index is 12.6. The molecular formula is C9H5ClF3NO2S. The average Bonchev–Trinajstić information content (AvgIpc) is 2.13. The molecule has 0 N–H and O–H groups in total.